The molecule has 0 radical (unpaired) electrons. The molecule has 6 nitrogen and oxygen atoms in total. The molecule has 0 aliphatic carbocycles. The van der Waals surface area contributed by atoms with E-state index < -0.39 is 0 Å². The minimum Gasteiger partial charge on any atom is -0.305 e. The van der Waals surface area contributed by atoms with Crippen LogP contribution in [0.3, 0.4) is 0 Å². The average Bonchev–Trinajstić information content (AvgIpc) is 2.81. The van der Waals surface area contributed by atoms with Crippen LogP contribution in [0.1, 0.15) is 18.0 Å². The molecule has 0 amide bonds. The van der Waals surface area contributed by atoms with Crippen LogP contribution < -0.4 is 5.43 Å². The Bertz CT molecular complexity index is 526. The van der Waals surface area contributed by atoms with Crippen molar-refractivity contribution in [2.75, 3.05) is 20.1 Å². The predicted octanol–water partition coefficient (Wildman–Crippen LogP) is 1.55. The van der Waals surface area contributed by atoms with Crippen LogP contribution >= 0.6 is 0 Å². The standard InChI is InChI=1S/C13H16N4O2/c1-16-7-6-12-11(8-16)13(15-14-12)9-2-4-10(5-3-9)17(18)19/h2-5,11,13,15H,6-8H2,1H3. The summed E-state index contributed by atoms with van der Waals surface area (Å²) in [7, 11) is 2.11. The van der Waals surface area contributed by atoms with Gasteiger partial charge in [0.1, 0.15) is 0 Å². The molecular formula is C13H16N4O2. The minimum absolute atomic E-state index is 0.128. The Morgan fingerprint density at radius 2 is 2.16 bits per heavy atom. The number of non-ortho nitro benzene ring substituents is 1. The molecule has 0 bridgehead atoms. The van der Waals surface area contributed by atoms with E-state index in [1.54, 1.807) is 12.1 Å². The Morgan fingerprint density at radius 1 is 1.42 bits per heavy atom. The molecule has 19 heavy (non-hydrogen) atoms. The summed E-state index contributed by atoms with van der Waals surface area (Å²) in [5, 5.41) is 15.1. The fourth-order valence-corrected chi connectivity index (χ4v) is 2.81. The lowest BCUT2D eigenvalue weighted by Gasteiger charge is -2.30. The summed E-state index contributed by atoms with van der Waals surface area (Å²) >= 11 is 0. The molecular weight excluding hydrogens is 244 g/mol. The normalized spacial score (nSPS) is 26.5. The van der Waals surface area contributed by atoms with E-state index in [9.17, 15) is 10.1 Å². The van der Waals surface area contributed by atoms with Crippen LogP contribution in [-0.2, 0) is 0 Å². The van der Waals surface area contributed by atoms with E-state index in [0.29, 0.717) is 5.92 Å². The van der Waals surface area contributed by atoms with Gasteiger partial charge in [0.2, 0.25) is 0 Å². The second kappa shape index (κ2) is 4.62. The molecule has 1 N–H and O–H groups in total. The number of hydrazone groups is 1. The second-order valence-electron chi connectivity index (χ2n) is 5.18. The lowest BCUT2D eigenvalue weighted by molar-refractivity contribution is -0.384. The summed E-state index contributed by atoms with van der Waals surface area (Å²) in [6.07, 6.45) is 0.998. The molecule has 0 saturated carbocycles. The van der Waals surface area contributed by atoms with Crippen molar-refractivity contribution in [3.63, 3.8) is 0 Å². The first kappa shape index (κ1) is 12.1. The number of hydrogen-bond acceptors (Lipinski definition) is 5. The number of rotatable bonds is 2. The lowest BCUT2D eigenvalue weighted by atomic mass is 9.86. The number of nitrogens with zero attached hydrogens (tertiary/aromatic N) is 3. The van der Waals surface area contributed by atoms with Crippen molar-refractivity contribution in [1.29, 1.82) is 0 Å². The Kier molecular flexibility index (Phi) is 2.94. The summed E-state index contributed by atoms with van der Waals surface area (Å²) in [5.74, 6) is 0.375. The largest absolute Gasteiger partial charge is 0.305 e. The van der Waals surface area contributed by atoms with Gasteiger partial charge in [-0.05, 0) is 12.6 Å². The van der Waals surface area contributed by atoms with Gasteiger partial charge in [-0.2, -0.15) is 5.10 Å². The Balaban J connectivity index is 1.81. The summed E-state index contributed by atoms with van der Waals surface area (Å²) in [5.41, 5.74) is 5.59. The molecule has 1 aromatic carbocycles. The fraction of sp³-hybridized carbons (Fsp3) is 0.462. The molecule has 2 aliphatic heterocycles. The van der Waals surface area contributed by atoms with Gasteiger partial charge in [-0.1, -0.05) is 12.1 Å². The van der Waals surface area contributed by atoms with Crippen molar-refractivity contribution in [1.82, 2.24) is 10.3 Å². The first-order valence-electron chi connectivity index (χ1n) is 6.40. The monoisotopic (exact) mass is 260 g/mol. The Hall–Kier alpha value is -1.95. The molecule has 1 saturated heterocycles. The van der Waals surface area contributed by atoms with E-state index in [4.69, 9.17) is 0 Å². The maximum Gasteiger partial charge on any atom is 0.269 e. The van der Waals surface area contributed by atoms with Crippen molar-refractivity contribution >= 4 is 11.4 Å². The van der Waals surface area contributed by atoms with Gasteiger partial charge in [0.25, 0.3) is 5.69 Å². The molecule has 2 aliphatic rings. The van der Waals surface area contributed by atoms with Crippen molar-refractivity contribution < 1.29 is 4.92 Å². The lowest BCUT2D eigenvalue weighted by Crippen LogP contribution is -2.39. The third kappa shape index (κ3) is 2.19. The molecule has 100 valence electrons. The Morgan fingerprint density at radius 3 is 2.84 bits per heavy atom. The zero-order chi connectivity index (χ0) is 13.4. The van der Waals surface area contributed by atoms with Gasteiger partial charge in [-0.25, -0.2) is 0 Å². The number of nitro groups is 1. The van der Waals surface area contributed by atoms with Crippen molar-refractivity contribution in [3.8, 4) is 0 Å². The zero-order valence-electron chi connectivity index (χ0n) is 10.7. The van der Waals surface area contributed by atoms with Crippen LogP contribution in [0.2, 0.25) is 0 Å². The molecule has 2 unspecified atom stereocenters. The average molecular weight is 260 g/mol. The first-order valence-corrected chi connectivity index (χ1v) is 6.40. The van der Waals surface area contributed by atoms with E-state index in [1.165, 1.54) is 5.71 Å². The van der Waals surface area contributed by atoms with Crippen molar-refractivity contribution in [2.24, 2.45) is 11.0 Å². The highest BCUT2D eigenvalue weighted by Crippen LogP contribution is 2.32. The van der Waals surface area contributed by atoms with Crippen LogP contribution in [0.4, 0.5) is 5.69 Å². The fourth-order valence-electron chi connectivity index (χ4n) is 2.81. The van der Waals surface area contributed by atoms with E-state index in [-0.39, 0.29) is 16.7 Å². The van der Waals surface area contributed by atoms with Crippen molar-refractivity contribution in [2.45, 2.75) is 12.5 Å². The van der Waals surface area contributed by atoms with Gasteiger partial charge in [-0.3, -0.25) is 10.1 Å². The third-order valence-electron chi connectivity index (χ3n) is 3.90. The SMILES string of the molecule is CN1CCC2=NNC(c3ccc([N+](=O)[O-])cc3)C2C1. The van der Waals surface area contributed by atoms with E-state index in [1.807, 2.05) is 12.1 Å². The molecule has 6 heteroatoms. The highest BCUT2D eigenvalue weighted by Gasteiger charge is 2.36. The van der Waals surface area contributed by atoms with Crippen LogP contribution in [-0.4, -0.2) is 35.7 Å². The molecule has 1 fully saturated rings. The van der Waals surface area contributed by atoms with Gasteiger partial charge < -0.3 is 10.3 Å². The quantitative estimate of drug-likeness (QED) is 0.647. The van der Waals surface area contributed by atoms with Crippen LogP contribution in [0.15, 0.2) is 29.4 Å². The van der Waals surface area contributed by atoms with Gasteiger partial charge in [0.05, 0.1) is 11.0 Å². The van der Waals surface area contributed by atoms with Gasteiger partial charge >= 0.3 is 0 Å². The van der Waals surface area contributed by atoms with Crippen molar-refractivity contribution in [3.05, 3.63) is 39.9 Å². The predicted molar refractivity (Wildman–Crippen MR) is 72.0 cm³/mol. The van der Waals surface area contributed by atoms with Crippen LogP contribution in [0, 0.1) is 16.0 Å². The number of hydrogen-bond donors (Lipinski definition) is 1. The van der Waals surface area contributed by atoms with E-state index >= 15 is 0 Å². The molecule has 2 heterocycles. The number of benzene rings is 1. The number of nitro benzene ring substituents is 1. The zero-order valence-corrected chi connectivity index (χ0v) is 10.7. The molecule has 1 aromatic rings. The smallest absolute Gasteiger partial charge is 0.269 e. The third-order valence-corrected chi connectivity index (χ3v) is 3.90. The highest BCUT2D eigenvalue weighted by atomic mass is 16.6. The summed E-state index contributed by atoms with van der Waals surface area (Å²) < 4.78 is 0. The number of piperidine rings is 1. The van der Waals surface area contributed by atoms with Gasteiger partial charge in [-0.15, -0.1) is 0 Å². The molecule has 2 atom stereocenters. The Labute approximate surface area is 111 Å². The maximum absolute atomic E-state index is 10.7. The van der Waals surface area contributed by atoms with Crippen LogP contribution in [0.5, 0.6) is 0 Å². The van der Waals surface area contributed by atoms with Gasteiger partial charge in [0.15, 0.2) is 0 Å². The topological polar surface area (TPSA) is 70.8 Å². The van der Waals surface area contributed by atoms with E-state index in [2.05, 4.69) is 22.5 Å². The first-order chi connectivity index (χ1) is 9.15. The molecule has 3 rings (SSSR count). The van der Waals surface area contributed by atoms with E-state index in [0.717, 1.165) is 25.1 Å². The summed E-state index contributed by atoms with van der Waals surface area (Å²) in [4.78, 5) is 12.6. The highest BCUT2D eigenvalue weighted by molar-refractivity contribution is 5.89. The minimum atomic E-state index is -0.373. The summed E-state index contributed by atoms with van der Waals surface area (Å²) in [6.45, 7) is 2.03. The number of likely N-dealkylation sites (tertiary alicyclic amines) is 1. The molecule has 0 spiro atoms. The maximum atomic E-state index is 10.7. The second-order valence-corrected chi connectivity index (χ2v) is 5.18. The number of fused-ring (bicyclic) bond motifs is 1. The number of nitrogens with one attached hydrogen (secondary N) is 1. The van der Waals surface area contributed by atoms with Crippen LogP contribution in [0.25, 0.3) is 0 Å². The van der Waals surface area contributed by atoms with Gasteiger partial charge in [0, 0.05) is 43.3 Å². The summed E-state index contributed by atoms with van der Waals surface area (Å²) in [6, 6.07) is 6.90. The molecule has 0 aromatic heterocycles.